The van der Waals surface area contributed by atoms with Gasteiger partial charge < -0.3 is 14.5 Å². The molecule has 0 amide bonds. The topological polar surface area (TPSA) is 60.2 Å². The normalized spacial score (nSPS) is 10.4. The van der Waals surface area contributed by atoms with E-state index in [1.165, 1.54) is 0 Å². The lowest BCUT2D eigenvalue weighted by molar-refractivity contribution is 0.415. The Hall–Kier alpha value is -2.53. The lowest BCUT2D eigenvalue weighted by Gasteiger charge is -2.02. The van der Waals surface area contributed by atoms with Crippen molar-refractivity contribution in [3.05, 3.63) is 53.6 Å². The summed E-state index contributed by atoms with van der Waals surface area (Å²) in [5.41, 5.74) is 1.65. The Morgan fingerprint density at radius 1 is 1.00 bits per heavy atom. The predicted octanol–water partition coefficient (Wildman–Crippen LogP) is 4.14. The molecule has 3 rings (SSSR count). The summed E-state index contributed by atoms with van der Waals surface area (Å²) in [5, 5.41) is 11.7. The van der Waals surface area contributed by atoms with E-state index >= 15 is 0 Å². The summed E-state index contributed by atoms with van der Waals surface area (Å²) < 4.78 is 10.7. The molecule has 0 atom stereocenters. The van der Waals surface area contributed by atoms with Gasteiger partial charge in [0.15, 0.2) is 0 Å². The highest BCUT2D eigenvalue weighted by Crippen LogP contribution is 2.24. The first-order chi connectivity index (χ1) is 10.2. The number of methoxy groups -OCH3 is 1. The van der Waals surface area contributed by atoms with Crippen molar-refractivity contribution in [2.24, 2.45) is 0 Å². The lowest BCUT2D eigenvalue weighted by Crippen LogP contribution is -1.90. The molecule has 0 spiro atoms. The number of ether oxygens (including phenoxy) is 1. The van der Waals surface area contributed by atoms with Crippen LogP contribution in [0.25, 0.3) is 11.5 Å². The van der Waals surface area contributed by atoms with Crippen LogP contribution in [0.4, 0.5) is 11.7 Å². The van der Waals surface area contributed by atoms with E-state index in [0.717, 1.165) is 17.0 Å². The molecule has 1 N–H and O–H groups in total. The first-order valence-corrected chi connectivity index (χ1v) is 6.63. The molecule has 3 aromatic rings. The van der Waals surface area contributed by atoms with Crippen LogP contribution in [-0.2, 0) is 0 Å². The van der Waals surface area contributed by atoms with Crippen LogP contribution in [-0.4, -0.2) is 17.3 Å². The van der Waals surface area contributed by atoms with Crippen LogP contribution in [0.15, 0.2) is 52.9 Å². The van der Waals surface area contributed by atoms with Crippen LogP contribution in [0.2, 0.25) is 5.02 Å². The molecule has 2 aromatic carbocycles. The van der Waals surface area contributed by atoms with Gasteiger partial charge in [-0.15, -0.1) is 5.10 Å². The molecule has 0 unspecified atom stereocenters. The minimum atomic E-state index is 0.324. The fourth-order valence-electron chi connectivity index (χ4n) is 1.78. The maximum Gasteiger partial charge on any atom is 0.320 e. The molecule has 0 bridgehead atoms. The molecule has 0 aliphatic carbocycles. The van der Waals surface area contributed by atoms with Gasteiger partial charge in [0.2, 0.25) is 5.89 Å². The average Bonchev–Trinajstić information content (AvgIpc) is 2.97. The Labute approximate surface area is 126 Å². The minimum absolute atomic E-state index is 0.324. The summed E-state index contributed by atoms with van der Waals surface area (Å²) in [5.74, 6) is 1.22. The zero-order valence-corrected chi connectivity index (χ0v) is 12.0. The van der Waals surface area contributed by atoms with Crippen LogP contribution in [0.3, 0.4) is 0 Å². The Kier molecular flexibility index (Phi) is 3.75. The first-order valence-electron chi connectivity index (χ1n) is 6.25. The van der Waals surface area contributed by atoms with Crippen molar-refractivity contribution >= 4 is 23.3 Å². The highest BCUT2D eigenvalue weighted by molar-refractivity contribution is 6.30. The number of hydrogen-bond donors (Lipinski definition) is 1. The number of nitrogens with zero attached hydrogens (tertiary/aromatic N) is 2. The predicted molar refractivity (Wildman–Crippen MR) is 81.0 cm³/mol. The average molecular weight is 302 g/mol. The molecule has 0 saturated carbocycles. The fourth-order valence-corrected chi connectivity index (χ4v) is 1.91. The number of nitrogens with one attached hydrogen (secondary N) is 1. The van der Waals surface area contributed by atoms with Gasteiger partial charge in [0.25, 0.3) is 0 Å². The third-order valence-electron chi connectivity index (χ3n) is 2.86. The van der Waals surface area contributed by atoms with E-state index in [1.54, 1.807) is 19.2 Å². The van der Waals surface area contributed by atoms with Gasteiger partial charge in [-0.1, -0.05) is 16.7 Å². The van der Waals surface area contributed by atoms with E-state index in [9.17, 15) is 0 Å². The number of aromatic nitrogens is 2. The summed E-state index contributed by atoms with van der Waals surface area (Å²) >= 11 is 5.85. The highest BCUT2D eigenvalue weighted by Gasteiger charge is 2.08. The second-order valence-electron chi connectivity index (χ2n) is 4.27. The molecule has 0 radical (unpaired) electrons. The summed E-state index contributed by atoms with van der Waals surface area (Å²) in [6.07, 6.45) is 0. The summed E-state index contributed by atoms with van der Waals surface area (Å²) in [7, 11) is 1.62. The van der Waals surface area contributed by atoms with E-state index < -0.39 is 0 Å². The van der Waals surface area contributed by atoms with E-state index in [4.69, 9.17) is 20.8 Å². The Morgan fingerprint density at radius 2 is 1.71 bits per heavy atom. The molecule has 1 heterocycles. The third kappa shape index (κ3) is 3.14. The van der Waals surface area contributed by atoms with Crippen LogP contribution >= 0.6 is 11.6 Å². The smallest absolute Gasteiger partial charge is 0.320 e. The molecular weight excluding hydrogens is 290 g/mol. The highest BCUT2D eigenvalue weighted by atomic mass is 35.5. The van der Waals surface area contributed by atoms with Gasteiger partial charge in [-0.05, 0) is 48.5 Å². The molecule has 0 saturated heterocycles. The van der Waals surface area contributed by atoms with Crippen molar-refractivity contribution in [1.29, 1.82) is 0 Å². The zero-order valence-electron chi connectivity index (χ0n) is 11.2. The minimum Gasteiger partial charge on any atom is -0.497 e. The van der Waals surface area contributed by atoms with Gasteiger partial charge >= 0.3 is 6.01 Å². The van der Waals surface area contributed by atoms with Crippen molar-refractivity contribution in [3.8, 4) is 17.2 Å². The lowest BCUT2D eigenvalue weighted by atomic mass is 10.2. The first kappa shape index (κ1) is 13.5. The number of hydrogen-bond acceptors (Lipinski definition) is 5. The number of halogens is 1. The third-order valence-corrected chi connectivity index (χ3v) is 3.11. The summed E-state index contributed by atoms with van der Waals surface area (Å²) in [4.78, 5) is 0. The summed E-state index contributed by atoms with van der Waals surface area (Å²) in [6.45, 7) is 0. The van der Waals surface area contributed by atoms with Crippen LogP contribution in [0.5, 0.6) is 5.75 Å². The van der Waals surface area contributed by atoms with Gasteiger partial charge in [-0.3, -0.25) is 0 Å². The molecule has 0 aliphatic heterocycles. The molecule has 0 fully saturated rings. The van der Waals surface area contributed by atoms with Gasteiger partial charge in [-0.2, -0.15) is 0 Å². The second kappa shape index (κ2) is 5.85. The zero-order chi connectivity index (χ0) is 14.7. The molecule has 0 aliphatic rings. The Bertz CT molecular complexity index is 723. The maximum atomic E-state index is 5.85. The maximum absolute atomic E-state index is 5.85. The van der Waals surface area contributed by atoms with Crippen molar-refractivity contribution < 1.29 is 9.15 Å². The second-order valence-corrected chi connectivity index (χ2v) is 4.71. The number of benzene rings is 2. The van der Waals surface area contributed by atoms with Crippen LogP contribution < -0.4 is 10.1 Å². The molecular formula is C15H12ClN3O2. The standard InChI is InChI=1S/C15H12ClN3O2/c1-20-13-8-6-12(7-9-13)17-15-19-18-14(21-15)10-2-4-11(16)5-3-10/h2-9H,1H3,(H,17,19). The van der Waals surface area contributed by atoms with Crippen molar-refractivity contribution in [2.75, 3.05) is 12.4 Å². The molecule has 106 valence electrons. The van der Waals surface area contributed by atoms with Gasteiger partial charge in [0.05, 0.1) is 7.11 Å². The van der Waals surface area contributed by atoms with Gasteiger partial charge in [-0.25, -0.2) is 0 Å². The van der Waals surface area contributed by atoms with E-state index in [-0.39, 0.29) is 0 Å². The summed E-state index contributed by atoms with van der Waals surface area (Å²) in [6, 6.07) is 15.0. The molecule has 1 aromatic heterocycles. The van der Waals surface area contributed by atoms with Crippen LogP contribution in [0.1, 0.15) is 0 Å². The van der Waals surface area contributed by atoms with Gasteiger partial charge in [0, 0.05) is 16.3 Å². The van der Waals surface area contributed by atoms with Crippen molar-refractivity contribution in [2.45, 2.75) is 0 Å². The molecule has 21 heavy (non-hydrogen) atoms. The number of anilines is 2. The Balaban J connectivity index is 1.76. The molecule has 6 heteroatoms. The quantitative estimate of drug-likeness (QED) is 0.784. The van der Waals surface area contributed by atoms with Gasteiger partial charge in [0.1, 0.15) is 5.75 Å². The van der Waals surface area contributed by atoms with E-state index in [0.29, 0.717) is 16.9 Å². The van der Waals surface area contributed by atoms with E-state index in [1.807, 2.05) is 36.4 Å². The largest absolute Gasteiger partial charge is 0.497 e. The molecule has 5 nitrogen and oxygen atoms in total. The van der Waals surface area contributed by atoms with Crippen LogP contribution in [0, 0.1) is 0 Å². The SMILES string of the molecule is COc1ccc(Nc2nnc(-c3ccc(Cl)cc3)o2)cc1. The van der Waals surface area contributed by atoms with Crippen molar-refractivity contribution in [3.63, 3.8) is 0 Å². The van der Waals surface area contributed by atoms with Crippen molar-refractivity contribution in [1.82, 2.24) is 10.2 Å². The monoisotopic (exact) mass is 301 g/mol. The Morgan fingerprint density at radius 3 is 2.38 bits per heavy atom. The number of rotatable bonds is 4. The van der Waals surface area contributed by atoms with E-state index in [2.05, 4.69) is 15.5 Å². The fraction of sp³-hybridized carbons (Fsp3) is 0.0667.